The van der Waals surface area contributed by atoms with E-state index in [0.717, 1.165) is 0 Å². The predicted molar refractivity (Wildman–Crippen MR) is 130 cm³/mol. The molecule has 2 amide bonds. The van der Waals surface area contributed by atoms with Gasteiger partial charge in [0.25, 0.3) is 8.32 Å². The van der Waals surface area contributed by atoms with Gasteiger partial charge in [-0.2, -0.15) is 0 Å². The van der Waals surface area contributed by atoms with Crippen molar-refractivity contribution in [1.29, 1.82) is 0 Å². The van der Waals surface area contributed by atoms with Crippen molar-refractivity contribution in [2.75, 3.05) is 13.2 Å². The molecule has 0 saturated carbocycles. The van der Waals surface area contributed by atoms with Gasteiger partial charge in [0.1, 0.15) is 6.61 Å². The molecular formula is C26H35NO4Si. The number of ether oxygens (including phenoxy) is 1. The number of carbonyl (C=O) groups is 2. The van der Waals surface area contributed by atoms with Crippen LogP contribution in [-0.2, 0) is 14.0 Å². The molecule has 1 atom stereocenters. The summed E-state index contributed by atoms with van der Waals surface area (Å²) in [6.45, 7) is 11.4. The summed E-state index contributed by atoms with van der Waals surface area (Å²) in [6.07, 6.45) is 0.288. The quantitative estimate of drug-likeness (QED) is 0.441. The van der Waals surface area contributed by atoms with E-state index in [2.05, 4.69) is 69.3 Å². The molecule has 0 aromatic heterocycles. The van der Waals surface area contributed by atoms with Crippen LogP contribution in [0.1, 0.15) is 47.5 Å². The molecule has 1 fully saturated rings. The van der Waals surface area contributed by atoms with Crippen molar-refractivity contribution in [3.05, 3.63) is 60.7 Å². The largest absolute Gasteiger partial charge is 0.447 e. The molecule has 5 nitrogen and oxygen atoms in total. The maximum absolute atomic E-state index is 12.8. The van der Waals surface area contributed by atoms with E-state index in [0.29, 0.717) is 13.0 Å². The Morgan fingerprint density at radius 3 is 2.06 bits per heavy atom. The second kappa shape index (κ2) is 10.0. The summed E-state index contributed by atoms with van der Waals surface area (Å²) in [5.41, 5.74) is 0. The first-order valence-electron chi connectivity index (χ1n) is 11.4. The Hall–Kier alpha value is -2.44. The van der Waals surface area contributed by atoms with Crippen LogP contribution < -0.4 is 10.4 Å². The molecule has 1 aliphatic heterocycles. The van der Waals surface area contributed by atoms with Crippen molar-refractivity contribution >= 4 is 30.7 Å². The molecule has 0 unspecified atom stereocenters. The average Bonchev–Trinajstić information content (AvgIpc) is 3.16. The van der Waals surface area contributed by atoms with Crippen molar-refractivity contribution in [2.24, 2.45) is 5.92 Å². The van der Waals surface area contributed by atoms with Gasteiger partial charge in [-0.25, -0.2) is 9.69 Å². The van der Waals surface area contributed by atoms with Gasteiger partial charge in [0.05, 0.1) is 6.04 Å². The molecule has 1 aliphatic rings. The molecule has 2 aromatic carbocycles. The molecule has 0 N–H and O–H groups in total. The van der Waals surface area contributed by atoms with Crippen LogP contribution in [0.15, 0.2) is 60.7 Å². The van der Waals surface area contributed by atoms with Crippen molar-refractivity contribution in [3.8, 4) is 0 Å². The second-order valence-electron chi connectivity index (χ2n) is 9.77. The van der Waals surface area contributed by atoms with Crippen LogP contribution in [0.25, 0.3) is 0 Å². The zero-order valence-electron chi connectivity index (χ0n) is 19.8. The first-order chi connectivity index (χ1) is 15.2. The topological polar surface area (TPSA) is 55.8 Å². The summed E-state index contributed by atoms with van der Waals surface area (Å²) in [5.74, 6) is -0.0176. The monoisotopic (exact) mass is 453 g/mol. The standard InChI is InChI=1S/C26H35NO4Si/c1-20(2)23-19-30-25(29)27(23)24(28)17-12-18-31-32(26(3,4)5,21-13-8-6-9-14-21)22-15-10-7-11-16-22/h6-11,13-16,20,23H,12,17-19H2,1-5H3/t23-/m1/s1. The third-order valence-corrected chi connectivity index (χ3v) is 11.3. The predicted octanol–water partition coefficient (Wildman–Crippen LogP) is 4.35. The van der Waals surface area contributed by atoms with E-state index in [9.17, 15) is 9.59 Å². The molecule has 172 valence electrons. The lowest BCUT2D eigenvalue weighted by molar-refractivity contribution is -0.130. The van der Waals surface area contributed by atoms with Gasteiger partial charge in [0.15, 0.2) is 0 Å². The number of cyclic esters (lactones) is 1. The van der Waals surface area contributed by atoms with Crippen LogP contribution in [0.5, 0.6) is 0 Å². The summed E-state index contributed by atoms with van der Waals surface area (Å²) in [7, 11) is -2.61. The average molecular weight is 454 g/mol. The first-order valence-corrected chi connectivity index (χ1v) is 13.3. The summed E-state index contributed by atoms with van der Waals surface area (Å²) in [5, 5.41) is 2.32. The number of imide groups is 1. The number of hydrogen-bond acceptors (Lipinski definition) is 4. The Balaban J connectivity index is 1.78. The summed E-state index contributed by atoms with van der Waals surface area (Å²) in [4.78, 5) is 26.2. The summed E-state index contributed by atoms with van der Waals surface area (Å²) >= 11 is 0. The minimum absolute atomic E-state index is 0.110. The highest BCUT2D eigenvalue weighted by Crippen LogP contribution is 2.36. The molecule has 3 rings (SSSR count). The van der Waals surface area contributed by atoms with Gasteiger partial charge < -0.3 is 9.16 Å². The normalized spacial score (nSPS) is 17.0. The van der Waals surface area contributed by atoms with Gasteiger partial charge in [-0.3, -0.25) is 4.79 Å². The number of rotatable bonds is 8. The van der Waals surface area contributed by atoms with Crippen LogP contribution >= 0.6 is 0 Å². The molecule has 1 heterocycles. The molecule has 0 radical (unpaired) electrons. The highest BCUT2D eigenvalue weighted by Gasteiger charge is 2.50. The van der Waals surface area contributed by atoms with Crippen molar-refractivity contribution in [3.63, 3.8) is 0 Å². The van der Waals surface area contributed by atoms with E-state index in [-0.39, 0.29) is 35.9 Å². The number of nitrogens with zero attached hydrogens (tertiary/aromatic N) is 1. The van der Waals surface area contributed by atoms with Crippen LogP contribution in [0.2, 0.25) is 5.04 Å². The number of hydrogen-bond donors (Lipinski definition) is 0. The minimum atomic E-state index is -2.61. The molecule has 1 saturated heterocycles. The third-order valence-electron chi connectivity index (χ3n) is 6.21. The maximum Gasteiger partial charge on any atom is 0.416 e. The molecule has 2 aromatic rings. The molecule has 0 spiro atoms. The molecular weight excluding hydrogens is 418 g/mol. The van der Waals surface area contributed by atoms with E-state index >= 15 is 0 Å². The van der Waals surface area contributed by atoms with E-state index in [1.54, 1.807) is 0 Å². The fourth-order valence-electron chi connectivity index (χ4n) is 4.54. The van der Waals surface area contributed by atoms with E-state index < -0.39 is 14.4 Å². The lowest BCUT2D eigenvalue weighted by atomic mass is 10.0. The Morgan fingerprint density at radius 1 is 1.06 bits per heavy atom. The molecule has 0 aliphatic carbocycles. The van der Waals surface area contributed by atoms with Crippen LogP contribution in [0, 0.1) is 5.92 Å². The Labute approximate surface area is 192 Å². The fraction of sp³-hybridized carbons (Fsp3) is 0.462. The summed E-state index contributed by atoms with van der Waals surface area (Å²) in [6, 6.07) is 20.7. The zero-order valence-corrected chi connectivity index (χ0v) is 20.8. The third kappa shape index (κ3) is 4.81. The number of benzene rings is 2. The van der Waals surface area contributed by atoms with Gasteiger partial charge in [0.2, 0.25) is 5.91 Å². The first kappa shape index (κ1) is 24.2. The van der Waals surface area contributed by atoms with E-state index in [1.807, 2.05) is 26.0 Å². The highest BCUT2D eigenvalue weighted by atomic mass is 28.4. The van der Waals surface area contributed by atoms with Crippen molar-refractivity contribution < 1.29 is 18.8 Å². The minimum Gasteiger partial charge on any atom is -0.447 e. The van der Waals surface area contributed by atoms with Gasteiger partial charge in [-0.1, -0.05) is 95.3 Å². The Morgan fingerprint density at radius 2 is 1.59 bits per heavy atom. The maximum atomic E-state index is 12.8. The highest BCUT2D eigenvalue weighted by molar-refractivity contribution is 6.99. The van der Waals surface area contributed by atoms with Crippen LogP contribution in [0.3, 0.4) is 0 Å². The van der Waals surface area contributed by atoms with E-state index in [4.69, 9.17) is 9.16 Å². The SMILES string of the molecule is CC(C)[C@H]1COC(=O)N1C(=O)CCCO[Si](c1ccccc1)(c1ccccc1)C(C)(C)C. The van der Waals surface area contributed by atoms with Crippen molar-refractivity contribution in [2.45, 2.75) is 58.5 Å². The summed E-state index contributed by atoms with van der Waals surface area (Å²) < 4.78 is 12.0. The van der Waals surface area contributed by atoms with Crippen molar-refractivity contribution in [1.82, 2.24) is 4.90 Å². The molecule has 32 heavy (non-hydrogen) atoms. The zero-order chi connectivity index (χ0) is 23.4. The van der Waals surface area contributed by atoms with Crippen LogP contribution in [-0.4, -0.2) is 44.5 Å². The smallest absolute Gasteiger partial charge is 0.416 e. The van der Waals surface area contributed by atoms with E-state index in [1.165, 1.54) is 15.3 Å². The van der Waals surface area contributed by atoms with Gasteiger partial charge >= 0.3 is 6.09 Å². The molecule has 6 heteroatoms. The fourth-order valence-corrected chi connectivity index (χ4v) is 9.15. The van der Waals surface area contributed by atoms with Crippen LogP contribution in [0.4, 0.5) is 4.79 Å². The number of amides is 2. The Kier molecular flexibility index (Phi) is 7.57. The second-order valence-corrected chi connectivity index (χ2v) is 14.1. The van der Waals surface area contributed by atoms with Gasteiger partial charge in [0, 0.05) is 13.0 Å². The number of carbonyl (C=O) groups excluding carboxylic acids is 2. The Bertz CT molecular complexity index is 869. The van der Waals surface area contributed by atoms with Gasteiger partial charge in [-0.15, -0.1) is 0 Å². The van der Waals surface area contributed by atoms with Gasteiger partial charge in [-0.05, 0) is 27.8 Å². The lowest BCUT2D eigenvalue weighted by Crippen LogP contribution is -2.66. The molecule has 0 bridgehead atoms. The lowest BCUT2D eigenvalue weighted by Gasteiger charge is -2.43.